The van der Waals surface area contributed by atoms with Gasteiger partial charge in [-0.2, -0.15) is 25.3 Å². The van der Waals surface area contributed by atoms with Gasteiger partial charge >= 0.3 is 0 Å². The first-order valence-electron chi connectivity index (χ1n) is 28.2. The largest absolute Gasteiger partial charge is 0.508 e. The van der Waals surface area contributed by atoms with Crippen LogP contribution in [0, 0.1) is 11.8 Å². The second-order valence-corrected chi connectivity index (χ2v) is 22.1. The summed E-state index contributed by atoms with van der Waals surface area (Å²) in [4.78, 5) is 144. The van der Waals surface area contributed by atoms with Crippen LogP contribution < -0.4 is 76.5 Å². The van der Waals surface area contributed by atoms with E-state index in [9.17, 15) is 53.1 Å². The van der Waals surface area contributed by atoms with Crippen molar-refractivity contribution >= 4 is 84.3 Å². The smallest absolute Gasteiger partial charge is 0.244 e. The molecule has 0 aliphatic carbocycles. The van der Waals surface area contributed by atoms with E-state index in [1.54, 1.807) is 26.0 Å². The van der Waals surface area contributed by atoms with E-state index in [4.69, 9.17) is 28.7 Å². The lowest BCUT2D eigenvalue weighted by atomic mass is 10.0. The predicted octanol–water partition coefficient (Wildman–Crippen LogP) is -2.57. The van der Waals surface area contributed by atoms with Gasteiger partial charge in [0.25, 0.3) is 0 Å². The third kappa shape index (κ3) is 27.6. The molecule has 29 heteroatoms. The average Bonchev–Trinajstić information content (AvgIpc) is 4.07. The Morgan fingerprint density at radius 2 is 0.880 bits per heavy atom. The monoisotopic (exact) mass is 1200 g/mol. The Bertz CT molecular complexity index is 2370. The van der Waals surface area contributed by atoms with Gasteiger partial charge in [-0.3, -0.25) is 47.9 Å². The zero-order chi connectivity index (χ0) is 62.2. The van der Waals surface area contributed by atoms with Crippen molar-refractivity contribution in [2.24, 2.45) is 40.5 Å². The number of imidazole rings is 1. The highest BCUT2D eigenvalue weighted by atomic mass is 32.1. The lowest BCUT2D eigenvalue weighted by Gasteiger charge is -2.28. The van der Waals surface area contributed by atoms with E-state index < -0.39 is 119 Å². The Morgan fingerprint density at radius 1 is 0.494 bits per heavy atom. The Morgan fingerprint density at radius 3 is 1.28 bits per heavy atom. The van der Waals surface area contributed by atoms with Crippen molar-refractivity contribution in [1.29, 1.82) is 0 Å². The molecule has 21 N–H and O–H groups in total. The molecule has 2 aromatic rings. The van der Waals surface area contributed by atoms with E-state index in [1.165, 1.54) is 31.6 Å². The van der Waals surface area contributed by atoms with Crippen molar-refractivity contribution in [3.63, 3.8) is 0 Å². The number of primary amides is 1. The number of aromatic amines is 1. The van der Waals surface area contributed by atoms with E-state index in [1.807, 2.05) is 13.8 Å². The van der Waals surface area contributed by atoms with E-state index in [2.05, 4.69) is 83.1 Å². The van der Waals surface area contributed by atoms with Gasteiger partial charge in [0.15, 0.2) is 0 Å². The summed E-state index contributed by atoms with van der Waals surface area (Å²) in [5.74, 6) is -7.89. The number of hydrogen-bond donors (Lipinski definition) is 18. The first-order valence-corrected chi connectivity index (χ1v) is 29.5. The highest BCUT2D eigenvalue weighted by molar-refractivity contribution is 7.80. The van der Waals surface area contributed by atoms with E-state index in [0.29, 0.717) is 56.3 Å². The van der Waals surface area contributed by atoms with E-state index in [-0.39, 0.29) is 87.1 Å². The number of H-pyrrole nitrogens is 1. The Labute approximate surface area is 497 Å². The maximum atomic E-state index is 14.4. The van der Waals surface area contributed by atoms with E-state index >= 15 is 0 Å². The van der Waals surface area contributed by atoms with Crippen LogP contribution in [0.1, 0.15) is 117 Å². The third-order valence-corrected chi connectivity index (χ3v) is 13.9. The minimum Gasteiger partial charge on any atom is -0.508 e. The number of benzene rings is 1. The zero-order valence-electron chi connectivity index (χ0n) is 48.4. The van der Waals surface area contributed by atoms with Crippen molar-refractivity contribution in [1.82, 2.24) is 57.8 Å². The summed E-state index contributed by atoms with van der Waals surface area (Å²) in [7, 11) is 0. The SMILES string of the molecule is CC(C)C[C@H](NC(=O)[C@H](C)NC(=O)[C@H](Cc1cnc[nH]1)NC(=O)[C@H](CCCCN)NC(=O)[C@H](CCCCN)NC(=O)[C@H](CCCCN)NC(=O)[C@H](CC(C)C)NC(=O)[C@@H](N)CS)C(=O)N[C@@H](CS)C(=O)N[C@@H](Cc1ccc(O)cc1)C(N)=O. The van der Waals surface area contributed by atoms with Gasteiger partial charge in [-0.1, -0.05) is 39.8 Å². The van der Waals surface area contributed by atoms with Crippen molar-refractivity contribution in [2.75, 3.05) is 31.1 Å². The Balaban J connectivity index is 2.37. The Hall–Kier alpha value is -6.53. The molecule has 1 heterocycles. The molecule has 466 valence electrons. The van der Waals surface area contributed by atoms with E-state index in [0.717, 1.165) is 0 Å². The van der Waals surface area contributed by atoms with Gasteiger partial charge in [0, 0.05) is 36.2 Å². The number of thiol groups is 2. The molecule has 0 aliphatic heterocycles. The maximum Gasteiger partial charge on any atom is 0.244 e. The summed E-state index contributed by atoms with van der Waals surface area (Å²) >= 11 is 8.33. The molecular formula is C54H92N16O11S2. The van der Waals surface area contributed by atoms with Crippen LogP contribution in [-0.2, 0) is 60.8 Å². The standard InChI is InChI=1S/C54H92N16O11S2/c1-30(2)22-41(53(80)70-44(28-83)54(81)66-40(45(59)72)24-33-15-17-35(71)18-16-33)67-46(73)32(5)62-51(78)43(25-34-26-60-29-61-34)69-50(77)39(14-8-11-21-57)64-48(75)37(12-6-9-19-55)63-49(76)38(13-7-10-20-56)65-52(79)42(23-31(3)4)68-47(74)36(58)27-82/h15-18,26,29-32,36-44,71,82-83H,6-14,19-25,27-28,55-58H2,1-5H3,(H2,59,72)(H,60,61)(H,62,78)(H,63,76)(H,64,75)(H,65,79)(H,66,81)(H,67,73)(H,68,74)(H,69,77)(H,70,80)/t32-,36-,37-,38-,39-,40-,41-,42-,43-,44-/m0/s1. The van der Waals surface area contributed by atoms with Gasteiger partial charge in [0.05, 0.1) is 12.4 Å². The molecule has 1 aromatic carbocycles. The number of nitrogens with one attached hydrogen (secondary N) is 10. The summed E-state index contributed by atoms with van der Waals surface area (Å²) in [6, 6.07) is -6.20. The fourth-order valence-corrected chi connectivity index (χ4v) is 8.90. The number of aromatic hydroxyl groups is 1. The minimum absolute atomic E-state index is 0.000440. The molecule has 10 atom stereocenters. The molecular weight excluding hydrogens is 1110 g/mol. The second kappa shape index (κ2) is 39.1. The number of phenols is 1. The quantitative estimate of drug-likeness (QED) is 0.0240. The molecule has 0 fully saturated rings. The molecule has 0 unspecified atom stereocenters. The molecule has 0 radical (unpaired) electrons. The van der Waals surface area contributed by atoms with Gasteiger partial charge in [-0.25, -0.2) is 4.98 Å². The number of rotatable bonds is 41. The number of unbranched alkanes of at least 4 members (excludes halogenated alkanes) is 3. The van der Waals surface area contributed by atoms with Gasteiger partial charge < -0.3 is 86.6 Å². The van der Waals surface area contributed by atoms with Gasteiger partial charge in [-0.15, -0.1) is 0 Å². The average molecular weight is 1210 g/mol. The normalized spacial score (nSPS) is 14.9. The lowest BCUT2D eigenvalue weighted by Crippen LogP contribution is -2.60. The molecule has 27 nitrogen and oxygen atoms in total. The van der Waals surface area contributed by atoms with Crippen LogP contribution in [0.25, 0.3) is 0 Å². The second-order valence-electron chi connectivity index (χ2n) is 21.4. The van der Waals surface area contributed by atoms with Crippen molar-refractivity contribution in [3.05, 3.63) is 48.0 Å². The predicted molar refractivity (Wildman–Crippen MR) is 320 cm³/mol. The number of nitrogens with zero attached hydrogens (tertiary/aromatic N) is 1. The third-order valence-electron chi connectivity index (χ3n) is 13.2. The number of phenolic OH excluding ortho intramolecular Hbond substituents is 1. The van der Waals surface area contributed by atoms with Crippen LogP contribution >= 0.6 is 25.3 Å². The van der Waals surface area contributed by atoms with Crippen LogP contribution in [0.2, 0.25) is 0 Å². The summed E-state index contributed by atoms with van der Waals surface area (Å²) in [5, 5.41) is 33.6. The molecule has 1 aromatic heterocycles. The van der Waals surface area contributed by atoms with Crippen molar-refractivity contribution in [2.45, 2.75) is 179 Å². The van der Waals surface area contributed by atoms with Crippen LogP contribution in [0.4, 0.5) is 0 Å². The summed E-state index contributed by atoms with van der Waals surface area (Å²) in [6.07, 6.45) is 5.82. The molecule has 0 saturated heterocycles. The van der Waals surface area contributed by atoms with Crippen LogP contribution in [0.15, 0.2) is 36.8 Å². The van der Waals surface area contributed by atoms with Crippen LogP contribution in [0.3, 0.4) is 0 Å². The fourth-order valence-electron chi connectivity index (χ4n) is 8.47. The molecule has 83 heavy (non-hydrogen) atoms. The van der Waals surface area contributed by atoms with Gasteiger partial charge in [-0.05, 0) is 127 Å². The highest BCUT2D eigenvalue weighted by Crippen LogP contribution is 2.14. The minimum atomic E-state index is -1.38. The van der Waals surface area contributed by atoms with Crippen molar-refractivity contribution < 1.29 is 53.1 Å². The molecule has 0 bridgehead atoms. The number of carbonyl (C=O) groups is 10. The molecule has 0 saturated carbocycles. The molecule has 0 spiro atoms. The number of nitrogens with two attached hydrogens (primary N) is 5. The summed E-state index contributed by atoms with van der Waals surface area (Å²) in [6.45, 7) is 9.53. The first-order chi connectivity index (χ1) is 39.4. The van der Waals surface area contributed by atoms with Gasteiger partial charge in [0.1, 0.15) is 60.1 Å². The van der Waals surface area contributed by atoms with Gasteiger partial charge in [0.2, 0.25) is 59.1 Å². The molecule has 2 rings (SSSR count). The molecule has 10 amide bonds. The first kappa shape index (κ1) is 72.6. The number of hydrogen-bond acceptors (Lipinski definition) is 18. The number of aromatic nitrogens is 2. The Kier molecular flexibility index (Phi) is 34.2. The van der Waals surface area contributed by atoms with Crippen LogP contribution in [-0.4, -0.2) is 166 Å². The zero-order valence-corrected chi connectivity index (χ0v) is 50.2. The highest BCUT2D eigenvalue weighted by Gasteiger charge is 2.35. The topological polar surface area (TPSA) is 458 Å². The lowest BCUT2D eigenvalue weighted by molar-refractivity contribution is -0.136. The molecule has 0 aliphatic rings. The van der Waals surface area contributed by atoms with Crippen molar-refractivity contribution in [3.8, 4) is 5.75 Å². The number of carbonyl (C=O) groups excluding carboxylic acids is 10. The summed E-state index contributed by atoms with van der Waals surface area (Å²) < 4.78 is 0. The maximum absolute atomic E-state index is 14.4. The number of amides is 10. The fraction of sp³-hybridized carbons (Fsp3) is 0.648. The summed E-state index contributed by atoms with van der Waals surface area (Å²) in [5.41, 5.74) is 29.8. The van der Waals surface area contributed by atoms with Crippen LogP contribution in [0.5, 0.6) is 5.75 Å².